The number of halogens is 3. The molecule has 8 heteroatoms. The lowest BCUT2D eigenvalue weighted by Gasteiger charge is -2.31. The number of hydrogen-bond donors (Lipinski definition) is 1. The van der Waals surface area contributed by atoms with Gasteiger partial charge in [0.05, 0.1) is 0 Å². The van der Waals surface area contributed by atoms with Gasteiger partial charge in [-0.25, -0.2) is 4.39 Å². The highest BCUT2D eigenvalue weighted by molar-refractivity contribution is 6.35. The van der Waals surface area contributed by atoms with E-state index in [-0.39, 0.29) is 30.9 Å². The molecule has 0 fully saturated rings. The van der Waals surface area contributed by atoms with Crippen molar-refractivity contribution in [3.8, 4) is 5.75 Å². The summed E-state index contributed by atoms with van der Waals surface area (Å²) in [6, 6.07) is 9.68. The van der Waals surface area contributed by atoms with Crippen LogP contribution in [0.5, 0.6) is 5.75 Å². The Hall–Kier alpha value is -2.31. The first-order valence-corrected chi connectivity index (χ1v) is 10.9. The summed E-state index contributed by atoms with van der Waals surface area (Å²) in [5.41, 5.74) is 0.663. The molecule has 31 heavy (non-hydrogen) atoms. The molecule has 0 saturated heterocycles. The third kappa shape index (κ3) is 7.71. The largest absolute Gasteiger partial charge is 0.484 e. The molecule has 0 aliphatic carbocycles. The fraction of sp³-hybridized carbons (Fsp3) is 0.391. The van der Waals surface area contributed by atoms with Gasteiger partial charge >= 0.3 is 0 Å². The molecule has 5 nitrogen and oxygen atoms in total. The molecule has 0 aliphatic rings. The molecule has 2 rings (SSSR count). The van der Waals surface area contributed by atoms with Gasteiger partial charge in [0.15, 0.2) is 6.61 Å². The second kappa shape index (κ2) is 11.9. The molecule has 2 aromatic carbocycles. The van der Waals surface area contributed by atoms with Crippen LogP contribution < -0.4 is 10.1 Å². The third-order valence-corrected chi connectivity index (χ3v) is 5.19. The fourth-order valence-corrected chi connectivity index (χ4v) is 3.40. The molecular weight excluding hydrogens is 442 g/mol. The van der Waals surface area contributed by atoms with Gasteiger partial charge in [0.1, 0.15) is 17.6 Å². The highest BCUT2D eigenvalue weighted by Crippen LogP contribution is 2.24. The van der Waals surface area contributed by atoms with Crippen molar-refractivity contribution in [2.45, 2.75) is 39.8 Å². The van der Waals surface area contributed by atoms with Crippen LogP contribution in [0.1, 0.15) is 32.8 Å². The predicted octanol–water partition coefficient (Wildman–Crippen LogP) is 5.09. The molecule has 0 unspecified atom stereocenters. The zero-order chi connectivity index (χ0) is 23.0. The fourth-order valence-electron chi connectivity index (χ4n) is 2.93. The maximum Gasteiger partial charge on any atom is 0.261 e. The average Bonchev–Trinajstić information content (AvgIpc) is 2.73. The molecule has 0 bridgehead atoms. The first-order chi connectivity index (χ1) is 14.7. The van der Waals surface area contributed by atoms with Crippen LogP contribution in [0.2, 0.25) is 10.0 Å². The summed E-state index contributed by atoms with van der Waals surface area (Å²) in [7, 11) is 0. The van der Waals surface area contributed by atoms with Crippen LogP contribution >= 0.6 is 23.2 Å². The molecule has 1 N–H and O–H groups in total. The highest BCUT2D eigenvalue weighted by Gasteiger charge is 2.29. The normalized spacial score (nSPS) is 11.8. The van der Waals surface area contributed by atoms with Crippen molar-refractivity contribution in [2.24, 2.45) is 5.92 Å². The van der Waals surface area contributed by atoms with Crippen molar-refractivity contribution >= 4 is 35.0 Å². The predicted molar refractivity (Wildman–Crippen MR) is 121 cm³/mol. The topological polar surface area (TPSA) is 58.6 Å². The van der Waals surface area contributed by atoms with E-state index in [9.17, 15) is 14.0 Å². The summed E-state index contributed by atoms with van der Waals surface area (Å²) in [4.78, 5) is 27.4. The van der Waals surface area contributed by atoms with Gasteiger partial charge in [0.25, 0.3) is 5.91 Å². The minimum absolute atomic E-state index is 0.120. The van der Waals surface area contributed by atoms with E-state index in [0.717, 1.165) is 0 Å². The van der Waals surface area contributed by atoms with E-state index >= 15 is 0 Å². The smallest absolute Gasteiger partial charge is 0.261 e. The lowest BCUT2D eigenvalue weighted by atomic mass is 10.1. The van der Waals surface area contributed by atoms with Crippen LogP contribution in [0.15, 0.2) is 42.5 Å². The maximum atomic E-state index is 13.1. The molecule has 1 atom stereocenters. The number of nitrogens with one attached hydrogen (secondary N) is 1. The number of hydrogen-bond acceptors (Lipinski definition) is 3. The Bertz CT molecular complexity index is 891. The number of amides is 2. The van der Waals surface area contributed by atoms with Crippen LogP contribution in [-0.2, 0) is 16.1 Å². The Morgan fingerprint density at radius 3 is 2.39 bits per heavy atom. The van der Waals surface area contributed by atoms with E-state index in [0.29, 0.717) is 34.3 Å². The van der Waals surface area contributed by atoms with Gasteiger partial charge < -0.3 is 15.0 Å². The summed E-state index contributed by atoms with van der Waals surface area (Å²) in [6.45, 7) is 6.15. The Balaban J connectivity index is 2.22. The summed E-state index contributed by atoms with van der Waals surface area (Å²) in [5.74, 6) is -0.390. The molecule has 2 amide bonds. The number of ether oxygens (including phenoxy) is 1. The first kappa shape index (κ1) is 25.0. The Morgan fingerprint density at radius 1 is 1.13 bits per heavy atom. The van der Waals surface area contributed by atoms with Crippen LogP contribution in [0.3, 0.4) is 0 Å². The van der Waals surface area contributed by atoms with E-state index in [1.54, 1.807) is 18.2 Å². The zero-order valence-corrected chi connectivity index (χ0v) is 19.3. The van der Waals surface area contributed by atoms with E-state index < -0.39 is 11.9 Å². The van der Waals surface area contributed by atoms with Gasteiger partial charge in [-0.1, -0.05) is 50.0 Å². The Kier molecular flexibility index (Phi) is 9.59. The minimum Gasteiger partial charge on any atom is -0.484 e. The standard InChI is InChI=1S/C23H27Cl2FN2O3/c1-4-21(23(30)27-12-15(2)3)28(13-16-5-6-17(24)11-20(16)25)22(29)14-31-19-9-7-18(26)8-10-19/h5-11,15,21H,4,12-14H2,1-3H3,(H,27,30)/t21-/m1/s1. The first-order valence-electron chi connectivity index (χ1n) is 10.1. The van der Waals surface area contributed by atoms with Crippen molar-refractivity contribution < 1.29 is 18.7 Å². The molecule has 0 aromatic heterocycles. The molecule has 0 radical (unpaired) electrons. The quantitative estimate of drug-likeness (QED) is 0.528. The molecule has 0 spiro atoms. The number of benzene rings is 2. The maximum absolute atomic E-state index is 13.1. The second-order valence-corrected chi connectivity index (χ2v) is 8.41. The lowest BCUT2D eigenvalue weighted by Crippen LogP contribution is -2.50. The van der Waals surface area contributed by atoms with Gasteiger partial charge in [-0.2, -0.15) is 0 Å². The second-order valence-electron chi connectivity index (χ2n) is 7.56. The van der Waals surface area contributed by atoms with E-state index in [1.165, 1.54) is 29.2 Å². The highest BCUT2D eigenvalue weighted by atomic mass is 35.5. The molecular formula is C23H27Cl2FN2O3. The van der Waals surface area contributed by atoms with Gasteiger partial charge in [0, 0.05) is 23.1 Å². The summed E-state index contributed by atoms with van der Waals surface area (Å²) in [6.07, 6.45) is 0.414. The SMILES string of the molecule is CC[C@H](C(=O)NCC(C)C)N(Cc1ccc(Cl)cc1Cl)C(=O)COc1ccc(F)cc1. The lowest BCUT2D eigenvalue weighted by molar-refractivity contribution is -0.143. The Labute approximate surface area is 192 Å². The van der Waals surface area contributed by atoms with Crippen molar-refractivity contribution in [3.05, 3.63) is 63.9 Å². The molecule has 0 saturated carbocycles. The van der Waals surface area contributed by atoms with Gasteiger partial charge in [-0.05, 0) is 54.3 Å². The Morgan fingerprint density at radius 2 is 1.81 bits per heavy atom. The van der Waals surface area contributed by atoms with Crippen molar-refractivity contribution in [1.29, 1.82) is 0 Å². The van der Waals surface area contributed by atoms with Crippen LogP contribution in [0.4, 0.5) is 4.39 Å². The number of carbonyl (C=O) groups is 2. The number of carbonyl (C=O) groups excluding carboxylic acids is 2. The van der Waals surface area contributed by atoms with Crippen molar-refractivity contribution in [3.63, 3.8) is 0 Å². The van der Waals surface area contributed by atoms with Gasteiger partial charge in [0.2, 0.25) is 5.91 Å². The van der Waals surface area contributed by atoms with Crippen LogP contribution in [0.25, 0.3) is 0 Å². The summed E-state index contributed by atoms with van der Waals surface area (Å²) in [5, 5.41) is 3.77. The minimum atomic E-state index is -0.699. The van der Waals surface area contributed by atoms with E-state index in [4.69, 9.17) is 27.9 Å². The van der Waals surface area contributed by atoms with Gasteiger partial charge in [-0.15, -0.1) is 0 Å². The molecule has 2 aromatic rings. The van der Waals surface area contributed by atoms with Crippen molar-refractivity contribution in [1.82, 2.24) is 10.2 Å². The summed E-state index contributed by atoms with van der Waals surface area (Å²) >= 11 is 12.3. The van der Waals surface area contributed by atoms with Gasteiger partial charge in [-0.3, -0.25) is 9.59 Å². The van der Waals surface area contributed by atoms with Crippen molar-refractivity contribution in [2.75, 3.05) is 13.2 Å². The zero-order valence-electron chi connectivity index (χ0n) is 17.8. The molecule has 0 heterocycles. The third-order valence-electron chi connectivity index (χ3n) is 4.60. The average molecular weight is 469 g/mol. The van der Waals surface area contributed by atoms with Crippen LogP contribution in [0, 0.1) is 11.7 Å². The molecule has 168 valence electrons. The monoisotopic (exact) mass is 468 g/mol. The van der Waals surface area contributed by atoms with Crippen LogP contribution in [-0.4, -0.2) is 35.9 Å². The van der Waals surface area contributed by atoms with E-state index in [2.05, 4.69) is 5.32 Å². The molecule has 0 aliphatic heterocycles. The number of nitrogens with zero attached hydrogens (tertiary/aromatic N) is 1. The number of rotatable bonds is 10. The van der Waals surface area contributed by atoms with E-state index in [1.807, 2.05) is 20.8 Å². The summed E-state index contributed by atoms with van der Waals surface area (Å²) < 4.78 is 18.6.